The number of carbonyl (C=O) groups excluding carboxylic acids is 1. The second-order valence-corrected chi connectivity index (χ2v) is 5.92. The van der Waals surface area contributed by atoms with Crippen molar-refractivity contribution in [3.8, 4) is 0 Å². The van der Waals surface area contributed by atoms with E-state index in [0.717, 1.165) is 16.6 Å². The van der Waals surface area contributed by atoms with Crippen LogP contribution in [-0.2, 0) is 11.2 Å². The molecule has 20 heavy (non-hydrogen) atoms. The molecule has 4 heteroatoms. The molecule has 1 N–H and O–H groups in total. The summed E-state index contributed by atoms with van der Waals surface area (Å²) in [5, 5.41) is 3.49. The van der Waals surface area contributed by atoms with Gasteiger partial charge in [-0.1, -0.05) is 41.4 Å². The molecular weight excluding hydrogens is 338 g/mol. The maximum atomic E-state index is 11.9. The lowest BCUT2D eigenvalue weighted by molar-refractivity contribution is -0.116. The fraction of sp³-hybridized carbons (Fsp3) is 0.188. The highest BCUT2D eigenvalue weighted by atomic mass is 79.9. The van der Waals surface area contributed by atoms with Gasteiger partial charge in [0.15, 0.2) is 0 Å². The molecule has 0 radical (unpaired) electrons. The van der Waals surface area contributed by atoms with Gasteiger partial charge in [-0.05, 0) is 53.0 Å². The van der Waals surface area contributed by atoms with Crippen LogP contribution >= 0.6 is 27.5 Å². The molecular formula is C16H15BrClNO. The number of benzene rings is 2. The Morgan fingerprint density at radius 1 is 1.20 bits per heavy atom. The summed E-state index contributed by atoms with van der Waals surface area (Å²) in [6.07, 6.45) is 1.20. The van der Waals surface area contributed by atoms with E-state index in [0.29, 0.717) is 11.4 Å². The average Bonchev–Trinajstić information content (AvgIpc) is 2.42. The normalized spacial score (nSPS) is 10.3. The van der Waals surface area contributed by atoms with Gasteiger partial charge in [0.1, 0.15) is 0 Å². The number of halogens is 2. The first-order chi connectivity index (χ1) is 9.54. The lowest BCUT2D eigenvalue weighted by atomic mass is 10.1. The van der Waals surface area contributed by atoms with Gasteiger partial charge in [-0.15, -0.1) is 0 Å². The van der Waals surface area contributed by atoms with Gasteiger partial charge < -0.3 is 5.32 Å². The molecule has 0 saturated carbocycles. The maximum Gasteiger partial charge on any atom is 0.224 e. The lowest BCUT2D eigenvalue weighted by Gasteiger charge is -2.07. The van der Waals surface area contributed by atoms with E-state index in [2.05, 4.69) is 52.4 Å². The minimum absolute atomic E-state index is 0.000188. The second-order valence-electron chi connectivity index (χ2n) is 4.66. The van der Waals surface area contributed by atoms with Crippen molar-refractivity contribution in [3.05, 3.63) is 63.1 Å². The third-order valence-corrected chi connectivity index (χ3v) is 4.18. The minimum Gasteiger partial charge on any atom is -0.326 e. The van der Waals surface area contributed by atoms with Gasteiger partial charge >= 0.3 is 0 Å². The van der Waals surface area contributed by atoms with Crippen LogP contribution in [-0.4, -0.2) is 5.91 Å². The van der Waals surface area contributed by atoms with Crippen LogP contribution in [0.25, 0.3) is 0 Å². The van der Waals surface area contributed by atoms with Gasteiger partial charge in [0.2, 0.25) is 5.91 Å². The Bertz CT molecular complexity index is 610. The molecule has 0 spiro atoms. The summed E-state index contributed by atoms with van der Waals surface area (Å²) in [6.45, 7) is 2.05. The number of carbonyl (C=O) groups is 1. The first-order valence-electron chi connectivity index (χ1n) is 6.35. The molecule has 0 aliphatic rings. The van der Waals surface area contributed by atoms with Crippen LogP contribution < -0.4 is 5.32 Å². The summed E-state index contributed by atoms with van der Waals surface area (Å²) in [4.78, 5) is 11.9. The molecule has 1 amide bonds. The SMILES string of the molecule is Cc1ccc(CCC(=O)Nc2ccc(Cl)c(Br)c2)cc1. The van der Waals surface area contributed by atoms with E-state index in [1.807, 2.05) is 0 Å². The second kappa shape index (κ2) is 6.91. The Balaban J connectivity index is 1.89. The fourth-order valence-corrected chi connectivity index (χ4v) is 2.31. The number of aryl methyl sites for hydroxylation is 2. The molecule has 0 aromatic heterocycles. The number of hydrogen-bond donors (Lipinski definition) is 1. The molecule has 0 heterocycles. The average molecular weight is 353 g/mol. The molecule has 0 bridgehead atoms. The van der Waals surface area contributed by atoms with Gasteiger partial charge in [-0.3, -0.25) is 4.79 Å². The third kappa shape index (κ3) is 4.36. The molecule has 2 rings (SSSR count). The van der Waals surface area contributed by atoms with Crippen LogP contribution in [0, 0.1) is 6.92 Å². The summed E-state index contributed by atoms with van der Waals surface area (Å²) in [6, 6.07) is 13.6. The van der Waals surface area contributed by atoms with E-state index < -0.39 is 0 Å². The lowest BCUT2D eigenvalue weighted by Crippen LogP contribution is -2.12. The Hall–Kier alpha value is -1.32. The first kappa shape index (κ1) is 15.1. The van der Waals surface area contributed by atoms with Crippen LogP contribution in [0.3, 0.4) is 0 Å². The minimum atomic E-state index is -0.000188. The van der Waals surface area contributed by atoms with Crippen LogP contribution in [0.2, 0.25) is 5.02 Å². The van der Waals surface area contributed by atoms with Gasteiger partial charge in [0.25, 0.3) is 0 Å². The standard InChI is InChI=1S/C16H15BrClNO/c1-11-2-4-12(5-3-11)6-9-16(20)19-13-7-8-15(18)14(17)10-13/h2-5,7-8,10H,6,9H2,1H3,(H,19,20). The first-order valence-corrected chi connectivity index (χ1v) is 7.52. The van der Waals surface area contributed by atoms with Gasteiger partial charge in [-0.2, -0.15) is 0 Å². The Labute approximate surface area is 132 Å². The third-order valence-electron chi connectivity index (χ3n) is 2.96. The Morgan fingerprint density at radius 3 is 2.55 bits per heavy atom. The van der Waals surface area contributed by atoms with E-state index in [9.17, 15) is 4.79 Å². The van der Waals surface area contributed by atoms with E-state index in [-0.39, 0.29) is 5.91 Å². The Morgan fingerprint density at radius 2 is 1.90 bits per heavy atom. The quantitative estimate of drug-likeness (QED) is 0.826. The molecule has 2 aromatic rings. The molecule has 0 atom stereocenters. The summed E-state index contributed by atoms with van der Waals surface area (Å²) in [5.41, 5.74) is 3.14. The molecule has 0 unspecified atom stereocenters. The van der Waals surface area contributed by atoms with Crippen molar-refractivity contribution >= 4 is 39.1 Å². The largest absolute Gasteiger partial charge is 0.326 e. The number of nitrogens with one attached hydrogen (secondary N) is 1. The molecule has 2 aromatic carbocycles. The van der Waals surface area contributed by atoms with Crippen LogP contribution in [0.1, 0.15) is 17.5 Å². The van der Waals surface area contributed by atoms with E-state index in [1.54, 1.807) is 18.2 Å². The van der Waals surface area contributed by atoms with Crippen LogP contribution in [0.15, 0.2) is 46.9 Å². The van der Waals surface area contributed by atoms with Crippen molar-refractivity contribution in [2.24, 2.45) is 0 Å². The topological polar surface area (TPSA) is 29.1 Å². The highest BCUT2D eigenvalue weighted by molar-refractivity contribution is 9.10. The summed E-state index contributed by atoms with van der Waals surface area (Å²) in [5.74, 6) is -0.000188. The highest BCUT2D eigenvalue weighted by Crippen LogP contribution is 2.25. The van der Waals surface area contributed by atoms with E-state index in [4.69, 9.17) is 11.6 Å². The van der Waals surface area contributed by atoms with Gasteiger partial charge in [-0.25, -0.2) is 0 Å². The monoisotopic (exact) mass is 351 g/mol. The molecule has 0 aliphatic heterocycles. The molecule has 0 aliphatic carbocycles. The zero-order valence-corrected chi connectivity index (χ0v) is 13.5. The zero-order chi connectivity index (χ0) is 14.5. The number of anilines is 1. The van der Waals surface area contributed by atoms with E-state index in [1.165, 1.54) is 11.1 Å². The van der Waals surface area contributed by atoms with Crippen LogP contribution in [0.5, 0.6) is 0 Å². The highest BCUT2D eigenvalue weighted by Gasteiger charge is 2.05. The predicted octanol–water partition coefficient (Wildman–Crippen LogP) is 4.98. The molecule has 2 nitrogen and oxygen atoms in total. The zero-order valence-electron chi connectivity index (χ0n) is 11.1. The van der Waals surface area contributed by atoms with E-state index >= 15 is 0 Å². The number of rotatable bonds is 4. The van der Waals surface area contributed by atoms with Gasteiger partial charge in [0.05, 0.1) is 5.02 Å². The maximum absolute atomic E-state index is 11.9. The van der Waals surface area contributed by atoms with Crippen molar-refractivity contribution in [1.82, 2.24) is 0 Å². The molecule has 0 fully saturated rings. The Kier molecular flexibility index (Phi) is 5.21. The summed E-state index contributed by atoms with van der Waals surface area (Å²) in [7, 11) is 0. The van der Waals surface area contributed by atoms with Crippen molar-refractivity contribution in [3.63, 3.8) is 0 Å². The molecule has 0 saturated heterocycles. The molecule has 104 valence electrons. The fourth-order valence-electron chi connectivity index (χ4n) is 1.81. The van der Waals surface area contributed by atoms with Crippen LogP contribution in [0.4, 0.5) is 5.69 Å². The number of hydrogen-bond acceptors (Lipinski definition) is 1. The van der Waals surface area contributed by atoms with Crippen molar-refractivity contribution in [1.29, 1.82) is 0 Å². The smallest absolute Gasteiger partial charge is 0.224 e. The predicted molar refractivity (Wildman–Crippen MR) is 87.3 cm³/mol. The van der Waals surface area contributed by atoms with Crippen molar-refractivity contribution in [2.45, 2.75) is 19.8 Å². The van der Waals surface area contributed by atoms with Crippen molar-refractivity contribution in [2.75, 3.05) is 5.32 Å². The number of amides is 1. The van der Waals surface area contributed by atoms with Crippen molar-refractivity contribution < 1.29 is 4.79 Å². The van der Waals surface area contributed by atoms with Gasteiger partial charge in [0, 0.05) is 16.6 Å². The summed E-state index contributed by atoms with van der Waals surface area (Å²) >= 11 is 9.25. The summed E-state index contributed by atoms with van der Waals surface area (Å²) < 4.78 is 0.774.